The van der Waals surface area contributed by atoms with Crippen LogP contribution in [0.4, 0.5) is 0 Å². The van der Waals surface area contributed by atoms with Crippen LogP contribution in [0.25, 0.3) is 0 Å². The molecular formula is C14H29N3. The van der Waals surface area contributed by atoms with Gasteiger partial charge >= 0.3 is 0 Å². The van der Waals surface area contributed by atoms with E-state index in [1.54, 1.807) is 0 Å². The number of piperidine rings is 2. The van der Waals surface area contributed by atoms with Crippen LogP contribution < -0.4 is 5.73 Å². The summed E-state index contributed by atoms with van der Waals surface area (Å²) in [5.41, 5.74) is 5.99. The van der Waals surface area contributed by atoms with Crippen molar-refractivity contribution in [1.29, 1.82) is 0 Å². The Morgan fingerprint density at radius 2 is 1.53 bits per heavy atom. The summed E-state index contributed by atoms with van der Waals surface area (Å²) in [6.07, 6.45) is 6.96. The molecule has 2 N–H and O–H groups in total. The van der Waals surface area contributed by atoms with Crippen molar-refractivity contribution in [1.82, 2.24) is 9.80 Å². The Bertz CT molecular complexity index is 216. The van der Waals surface area contributed by atoms with E-state index in [4.69, 9.17) is 5.73 Å². The van der Waals surface area contributed by atoms with Crippen LogP contribution in [0.2, 0.25) is 0 Å². The van der Waals surface area contributed by atoms with Crippen molar-refractivity contribution in [3.8, 4) is 0 Å². The monoisotopic (exact) mass is 239 g/mol. The van der Waals surface area contributed by atoms with Gasteiger partial charge in [-0.05, 0) is 65.7 Å². The fourth-order valence-electron chi connectivity index (χ4n) is 3.27. The third-order valence-electron chi connectivity index (χ3n) is 4.74. The van der Waals surface area contributed by atoms with Gasteiger partial charge in [-0.25, -0.2) is 0 Å². The van der Waals surface area contributed by atoms with Crippen LogP contribution in [0, 0.1) is 0 Å². The summed E-state index contributed by atoms with van der Waals surface area (Å²) in [7, 11) is 0. The lowest BCUT2D eigenvalue weighted by atomic mass is 9.98. The molecule has 0 bridgehead atoms. The van der Waals surface area contributed by atoms with Crippen LogP contribution in [-0.4, -0.2) is 54.1 Å². The highest BCUT2D eigenvalue weighted by molar-refractivity contribution is 4.85. The minimum absolute atomic E-state index is 0.293. The maximum Gasteiger partial charge on any atom is 0.0216 e. The Balaban J connectivity index is 1.77. The molecular weight excluding hydrogens is 210 g/mol. The molecule has 0 saturated carbocycles. The second kappa shape index (κ2) is 6.17. The maximum atomic E-state index is 5.99. The minimum Gasteiger partial charge on any atom is -0.327 e. The Morgan fingerprint density at radius 3 is 2.06 bits per heavy atom. The summed E-state index contributed by atoms with van der Waals surface area (Å²) < 4.78 is 0. The summed E-state index contributed by atoms with van der Waals surface area (Å²) >= 11 is 0. The second-order valence-corrected chi connectivity index (χ2v) is 5.96. The van der Waals surface area contributed by atoms with Gasteiger partial charge in [-0.2, -0.15) is 0 Å². The van der Waals surface area contributed by atoms with Gasteiger partial charge in [0.25, 0.3) is 0 Å². The van der Waals surface area contributed by atoms with Crippen LogP contribution in [0.1, 0.15) is 46.0 Å². The molecule has 2 heterocycles. The molecule has 2 fully saturated rings. The fraction of sp³-hybridized carbons (Fsp3) is 1.00. The van der Waals surface area contributed by atoms with Crippen LogP contribution in [0.5, 0.6) is 0 Å². The first-order chi connectivity index (χ1) is 8.18. The van der Waals surface area contributed by atoms with Gasteiger partial charge in [-0.3, -0.25) is 4.90 Å². The van der Waals surface area contributed by atoms with E-state index in [-0.39, 0.29) is 0 Å². The van der Waals surface area contributed by atoms with Crippen molar-refractivity contribution in [2.75, 3.05) is 26.2 Å². The third-order valence-corrected chi connectivity index (χ3v) is 4.74. The highest BCUT2D eigenvalue weighted by atomic mass is 15.2. The number of hydrogen-bond donors (Lipinski definition) is 1. The summed E-state index contributed by atoms with van der Waals surface area (Å²) in [5, 5.41) is 0. The van der Waals surface area contributed by atoms with Crippen molar-refractivity contribution < 1.29 is 0 Å². The average molecular weight is 239 g/mol. The van der Waals surface area contributed by atoms with Gasteiger partial charge in [-0.1, -0.05) is 6.42 Å². The van der Waals surface area contributed by atoms with Gasteiger partial charge in [0, 0.05) is 18.1 Å². The van der Waals surface area contributed by atoms with Gasteiger partial charge in [-0.15, -0.1) is 0 Å². The Labute approximate surface area is 106 Å². The van der Waals surface area contributed by atoms with Gasteiger partial charge in [0.05, 0.1) is 0 Å². The molecule has 0 radical (unpaired) electrons. The molecule has 0 amide bonds. The predicted octanol–water partition coefficient (Wildman–Crippen LogP) is 1.67. The zero-order valence-corrected chi connectivity index (χ0v) is 11.6. The molecule has 0 aromatic heterocycles. The first-order valence-corrected chi connectivity index (χ1v) is 7.42. The summed E-state index contributed by atoms with van der Waals surface area (Å²) in [6.45, 7) is 9.56. The van der Waals surface area contributed by atoms with Gasteiger partial charge in [0.2, 0.25) is 0 Å². The first kappa shape index (κ1) is 13.3. The number of nitrogens with zero attached hydrogens (tertiary/aromatic N) is 2. The normalized spacial score (nSPS) is 29.1. The topological polar surface area (TPSA) is 32.5 Å². The summed E-state index contributed by atoms with van der Waals surface area (Å²) in [5.74, 6) is 0. The van der Waals surface area contributed by atoms with E-state index in [0.717, 1.165) is 6.04 Å². The van der Waals surface area contributed by atoms with Crippen molar-refractivity contribution >= 4 is 0 Å². The smallest absolute Gasteiger partial charge is 0.0216 e. The second-order valence-electron chi connectivity index (χ2n) is 5.96. The van der Waals surface area contributed by atoms with Crippen molar-refractivity contribution in [3.05, 3.63) is 0 Å². The van der Waals surface area contributed by atoms with E-state index < -0.39 is 0 Å². The standard InChI is InChI=1S/C14H29N3/c1-12(15)13(2)16-10-6-14(7-11-16)17-8-4-3-5-9-17/h12-14H,3-11,15H2,1-2H3. The predicted molar refractivity (Wildman–Crippen MR) is 73.1 cm³/mol. The van der Waals surface area contributed by atoms with Gasteiger partial charge in [0.15, 0.2) is 0 Å². The number of nitrogens with two attached hydrogens (primary N) is 1. The Hall–Kier alpha value is -0.120. The molecule has 2 aliphatic rings. The van der Waals surface area contributed by atoms with E-state index in [0.29, 0.717) is 12.1 Å². The SMILES string of the molecule is CC(N)C(C)N1CCC(N2CCCCC2)CC1. The highest BCUT2D eigenvalue weighted by Crippen LogP contribution is 2.22. The number of rotatable bonds is 3. The minimum atomic E-state index is 0.293. The van der Waals surface area contributed by atoms with Crippen LogP contribution >= 0.6 is 0 Å². The molecule has 2 aliphatic heterocycles. The van der Waals surface area contributed by atoms with E-state index in [2.05, 4.69) is 23.6 Å². The Morgan fingerprint density at radius 1 is 0.941 bits per heavy atom. The molecule has 0 aromatic carbocycles. The Kier molecular flexibility index (Phi) is 4.83. The molecule has 2 rings (SSSR count). The molecule has 0 aliphatic carbocycles. The zero-order valence-electron chi connectivity index (χ0n) is 11.6. The largest absolute Gasteiger partial charge is 0.327 e. The van der Waals surface area contributed by atoms with Crippen molar-refractivity contribution in [2.45, 2.75) is 64.1 Å². The lowest BCUT2D eigenvalue weighted by Crippen LogP contribution is -2.52. The molecule has 2 unspecified atom stereocenters. The average Bonchev–Trinajstić information content (AvgIpc) is 2.39. The van der Waals surface area contributed by atoms with Crippen molar-refractivity contribution in [2.24, 2.45) is 5.73 Å². The molecule has 3 nitrogen and oxygen atoms in total. The molecule has 2 atom stereocenters. The lowest BCUT2D eigenvalue weighted by Gasteiger charge is -2.42. The molecule has 0 aromatic rings. The van der Waals surface area contributed by atoms with E-state index in [9.17, 15) is 0 Å². The molecule has 3 heteroatoms. The molecule has 17 heavy (non-hydrogen) atoms. The number of hydrogen-bond acceptors (Lipinski definition) is 3. The van der Waals surface area contributed by atoms with Crippen LogP contribution in [0.3, 0.4) is 0 Å². The van der Waals surface area contributed by atoms with Gasteiger partial charge < -0.3 is 10.6 Å². The molecule has 100 valence electrons. The molecule has 2 saturated heterocycles. The summed E-state index contributed by atoms with van der Waals surface area (Å²) in [6, 6.07) is 1.69. The number of likely N-dealkylation sites (tertiary alicyclic amines) is 2. The van der Waals surface area contributed by atoms with E-state index in [1.807, 2.05) is 0 Å². The fourth-order valence-corrected chi connectivity index (χ4v) is 3.27. The molecule has 0 spiro atoms. The van der Waals surface area contributed by atoms with Crippen molar-refractivity contribution in [3.63, 3.8) is 0 Å². The third kappa shape index (κ3) is 3.43. The zero-order chi connectivity index (χ0) is 12.3. The van der Waals surface area contributed by atoms with E-state index >= 15 is 0 Å². The van der Waals surface area contributed by atoms with Crippen LogP contribution in [0.15, 0.2) is 0 Å². The van der Waals surface area contributed by atoms with Crippen LogP contribution in [-0.2, 0) is 0 Å². The maximum absolute atomic E-state index is 5.99. The van der Waals surface area contributed by atoms with Gasteiger partial charge in [0.1, 0.15) is 0 Å². The summed E-state index contributed by atoms with van der Waals surface area (Å²) in [4.78, 5) is 5.31. The lowest BCUT2D eigenvalue weighted by molar-refractivity contribution is 0.0712. The quantitative estimate of drug-likeness (QED) is 0.813. The highest BCUT2D eigenvalue weighted by Gasteiger charge is 2.28. The van der Waals surface area contributed by atoms with E-state index in [1.165, 1.54) is 58.3 Å². The first-order valence-electron chi connectivity index (χ1n) is 7.42.